The number of ether oxygens (including phenoxy) is 1. The summed E-state index contributed by atoms with van der Waals surface area (Å²) in [6.07, 6.45) is 0.530. The van der Waals surface area contributed by atoms with Crippen LogP contribution in [0, 0.1) is 5.82 Å². The molecular formula is C12H16FNO3S. The van der Waals surface area contributed by atoms with Gasteiger partial charge in [0.1, 0.15) is 17.2 Å². The third kappa shape index (κ3) is 3.00. The van der Waals surface area contributed by atoms with Crippen molar-refractivity contribution < 1.29 is 17.5 Å². The molecule has 1 aromatic rings. The van der Waals surface area contributed by atoms with Gasteiger partial charge in [-0.2, -0.15) is 0 Å². The third-order valence-electron chi connectivity index (χ3n) is 2.97. The van der Waals surface area contributed by atoms with Crippen molar-refractivity contribution in [2.24, 2.45) is 5.14 Å². The molecule has 1 aliphatic rings. The van der Waals surface area contributed by atoms with Gasteiger partial charge in [0, 0.05) is 12.0 Å². The second-order valence-electron chi connectivity index (χ2n) is 5.27. The molecule has 1 aromatic carbocycles. The Bertz CT molecular complexity index is 569. The monoisotopic (exact) mass is 273 g/mol. The Morgan fingerprint density at radius 2 is 2.17 bits per heavy atom. The maximum atomic E-state index is 13.2. The maximum absolute atomic E-state index is 13.2. The second-order valence-corrected chi connectivity index (χ2v) is 6.93. The van der Waals surface area contributed by atoms with E-state index in [2.05, 4.69) is 0 Å². The first-order valence-corrected chi connectivity index (χ1v) is 7.37. The minimum absolute atomic E-state index is 0.154. The van der Waals surface area contributed by atoms with E-state index in [1.807, 2.05) is 13.8 Å². The molecule has 1 atom stereocenters. The summed E-state index contributed by atoms with van der Waals surface area (Å²) in [7, 11) is -3.58. The molecule has 0 saturated heterocycles. The molecule has 0 amide bonds. The van der Waals surface area contributed by atoms with Gasteiger partial charge in [-0.05, 0) is 31.9 Å². The molecule has 100 valence electrons. The summed E-state index contributed by atoms with van der Waals surface area (Å²) in [4.78, 5) is 0. The van der Waals surface area contributed by atoms with E-state index >= 15 is 0 Å². The minimum Gasteiger partial charge on any atom is -0.487 e. The number of fused-ring (bicyclic) bond motifs is 1. The van der Waals surface area contributed by atoms with Crippen molar-refractivity contribution in [3.05, 3.63) is 29.6 Å². The van der Waals surface area contributed by atoms with Gasteiger partial charge in [0.25, 0.3) is 0 Å². The number of nitrogens with two attached hydrogens (primary N) is 1. The van der Waals surface area contributed by atoms with Gasteiger partial charge in [0.2, 0.25) is 10.0 Å². The molecule has 1 heterocycles. The van der Waals surface area contributed by atoms with Crippen molar-refractivity contribution in [3.8, 4) is 5.75 Å². The fourth-order valence-corrected chi connectivity index (χ4v) is 3.26. The highest BCUT2D eigenvalue weighted by atomic mass is 32.2. The standard InChI is InChI=1S/C12H16FNO3S/c1-12(2)6-8(7-18(14,15)16)10-4-3-9(13)5-11(10)17-12/h3-5,8H,6-7H2,1-2H3,(H2,14,15,16)/t8-/m1/s1. The van der Waals surface area contributed by atoms with Crippen LogP contribution in [-0.4, -0.2) is 19.8 Å². The number of hydrogen-bond acceptors (Lipinski definition) is 3. The number of hydrogen-bond donors (Lipinski definition) is 1. The summed E-state index contributed by atoms with van der Waals surface area (Å²) in [6.45, 7) is 3.69. The molecule has 0 spiro atoms. The lowest BCUT2D eigenvalue weighted by Gasteiger charge is -2.37. The molecule has 0 aliphatic carbocycles. The summed E-state index contributed by atoms with van der Waals surface area (Å²) in [5.41, 5.74) is 0.167. The highest BCUT2D eigenvalue weighted by Crippen LogP contribution is 2.41. The molecule has 0 unspecified atom stereocenters. The van der Waals surface area contributed by atoms with Gasteiger partial charge < -0.3 is 4.74 Å². The van der Waals surface area contributed by atoms with Crippen molar-refractivity contribution in [3.63, 3.8) is 0 Å². The van der Waals surface area contributed by atoms with E-state index in [9.17, 15) is 12.8 Å². The van der Waals surface area contributed by atoms with Crippen molar-refractivity contribution in [2.75, 3.05) is 5.75 Å². The van der Waals surface area contributed by atoms with Gasteiger partial charge in [-0.3, -0.25) is 0 Å². The summed E-state index contributed by atoms with van der Waals surface area (Å²) < 4.78 is 41.4. The van der Waals surface area contributed by atoms with Gasteiger partial charge in [0.15, 0.2) is 0 Å². The summed E-state index contributed by atoms with van der Waals surface area (Å²) in [6, 6.07) is 4.15. The predicted octanol–water partition coefficient (Wildman–Crippen LogP) is 1.76. The van der Waals surface area contributed by atoms with E-state index in [1.54, 1.807) is 6.07 Å². The Hall–Kier alpha value is -1.14. The van der Waals surface area contributed by atoms with Gasteiger partial charge in [-0.15, -0.1) is 0 Å². The van der Waals surface area contributed by atoms with Crippen LogP contribution in [0.2, 0.25) is 0 Å². The molecule has 2 N–H and O–H groups in total. The van der Waals surface area contributed by atoms with Crippen LogP contribution in [-0.2, 0) is 10.0 Å². The molecular weight excluding hydrogens is 257 g/mol. The largest absolute Gasteiger partial charge is 0.487 e. The fourth-order valence-electron chi connectivity index (χ4n) is 2.41. The SMILES string of the molecule is CC1(C)C[C@H](CS(N)(=O)=O)c2ccc(F)cc2O1. The van der Waals surface area contributed by atoms with E-state index in [1.165, 1.54) is 12.1 Å². The topological polar surface area (TPSA) is 69.4 Å². The Morgan fingerprint density at radius 1 is 1.50 bits per heavy atom. The molecule has 0 fully saturated rings. The molecule has 2 rings (SSSR count). The Kier molecular flexibility index (Phi) is 3.11. The molecule has 0 saturated carbocycles. The number of rotatable bonds is 2. The number of benzene rings is 1. The molecule has 0 aromatic heterocycles. The number of primary sulfonamides is 1. The van der Waals surface area contributed by atoms with Crippen LogP contribution in [0.4, 0.5) is 4.39 Å². The van der Waals surface area contributed by atoms with Crippen LogP contribution in [0.1, 0.15) is 31.7 Å². The fraction of sp³-hybridized carbons (Fsp3) is 0.500. The molecule has 0 bridgehead atoms. The Balaban J connectivity index is 2.44. The van der Waals surface area contributed by atoms with Crippen LogP contribution in [0.3, 0.4) is 0 Å². The van der Waals surface area contributed by atoms with E-state index in [-0.39, 0.29) is 11.7 Å². The first kappa shape index (κ1) is 13.3. The zero-order valence-corrected chi connectivity index (χ0v) is 11.1. The van der Waals surface area contributed by atoms with Crippen molar-refractivity contribution >= 4 is 10.0 Å². The molecule has 6 heteroatoms. The zero-order chi connectivity index (χ0) is 13.6. The quantitative estimate of drug-likeness (QED) is 0.892. The van der Waals surface area contributed by atoms with E-state index < -0.39 is 21.4 Å². The molecule has 18 heavy (non-hydrogen) atoms. The number of halogens is 1. The summed E-state index contributed by atoms with van der Waals surface area (Å²) in [5.74, 6) is -0.418. The lowest BCUT2D eigenvalue weighted by Crippen LogP contribution is -2.37. The molecule has 0 radical (unpaired) electrons. The summed E-state index contributed by atoms with van der Waals surface area (Å²) >= 11 is 0. The number of sulfonamides is 1. The van der Waals surface area contributed by atoms with Crippen molar-refractivity contribution in [1.82, 2.24) is 0 Å². The average molecular weight is 273 g/mol. The van der Waals surface area contributed by atoms with Crippen LogP contribution in [0.5, 0.6) is 5.75 Å². The van der Waals surface area contributed by atoms with Gasteiger partial charge in [-0.1, -0.05) is 6.07 Å². The van der Waals surface area contributed by atoms with Gasteiger partial charge >= 0.3 is 0 Å². The van der Waals surface area contributed by atoms with Gasteiger partial charge in [0.05, 0.1) is 5.75 Å². The second kappa shape index (κ2) is 4.20. The zero-order valence-electron chi connectivity index (χ0n) is 10.3. The molecule has 1 aliphatic heterocycles. The third-order valence-corrected chi connectivity index (χ3v) is 3.84. The van der Waals surface area contributed by atoms with Crippen LogP contribution < -0.4 is 9.88 Å². The minimum atomic E-state index is -3.58. The first-order chi connectivity index (χ1) is 8.16. The molecule has 4 nitrogen and oxygen atoms in total. The van der Waals surface area contributed by atoms with E-state index in [4.69, 9.17) is 9.88 Å². The lowest BCUT2D eigenvalue weighted by atomic mass is 9.85. The predicted molar refractivity (Wildman–Crippen MR) is 66.4 cm³/mol. The lowest BCUT2D eigenvalue weighted by molar-refractivity contribution is 0.0746. The van der Waals surface area contributed by atoms with Crippen LogP contribution in [0.25, 0.3) is 0 Å². The van der Waals surface area contributed by atoms with Gasteiger partial charge in [-0.25, -0.2) is 17.9 Å². The highest BCUT2D eigenvalue weighted by Gasteiger charge is 2.35. The Morgan fingerprint density at radius 3 is 2.78 bits per heavy atom. The summed E-state index contributed by atoms with van der Waals surface area (Å²) in [5, 5.41) is 5.10. The average Bonchev–Trinajstić information content (AvgIpc) is 2.11. The normalized spacial score (nSPS) is 22.1. The van der Waals surface area contributed by atoms with Crippen LogP contribution in [0.15, 0.2) is 18.2 Å². The highest BCUT2D eigenvalue weighted by molar-refractivity contribution is 7.89. The van der Waals surface area contributed by atoms with Crippen molar-refractivity contribution in [1.29, 1.82) is 0 Å². The Labute approximate surface area is 106 Å². The first-order valence-electron chi connectivity index (χ1n) is 5.65. The maximum Gasteiger partial charge on any atom is 0.209 e. The van der Waals surface area contributed by atoms with E-state index in [0.29, 0.717) is 17.7 Å². The van der Waals surface area contributed by atoms with Crippen LogP contribution >= 0.6 is 0 Å². The smallest absolute Gasteiger partial charge is 0.209 e. The van der Waals surface area contributed by atoms with E-state index in [0.717, 1.165) is 0 Å². The van der Waals surface area contributed by atoms with Crippen molar-refractivity contribution in [2.45, 2.75) is 31.8 Å².